The Bertz CT molecular complexity index is 871. The summed E-state index contributed by atoms with van der Waals surface area (Å²) in [7, 11) is 3.14. The molecule has 2 aromatic carbocycles. The molecule has 6 nitrogen and oxygen atoms in total. The van der Waals surface area contributed by atoms with Crippen LogP contribution in [0.4, 0.5) is 4.39 Å². The number of carbonyl (C=O) groups is 2. The summed E-state index contributed by atoms with van der Waals surface area (Å²) >= 11 is 0. The van der Waals surface area contributed by atoms with E-state index in [-0.39, 0.29) is 24.1 Å². The zero-order valence-electron chi connectivity index (χ0n) is 15.9. The third kappa shape index (κ3) is 4.08. The average molecular weight is 386 g/mol. The van der Waals surface area contributed by atoms with Gasteiger partial charge in [-0.1, -0.05) is 18.2 Å². The van der Waals surface area contributed by atoms with E-state index in [9.17, 15) is 14.0 Å². The Balaban J connectivity index is 1.68. The van der Waals surface area contributed by atoms with Crippen LogP contribution in [0.1, 0.15) is 34.8 Å². The Morgan fingerprint density at radius 3 is 2.61 bits per heavy atom. The van der Waals surface area contributed by atoms with Gasteiger partial charge in [-0.2, -0.15) is 0 Å². The van der Waals surface area contributed by atoms with Crippen LogP contribution in [0.2, 0.25) is 0 Å². The zero-order valence-corrected chi connectivity index (χ0v) is 15.9. The first-order valence-corrected chi connectivity index (χ1v) is 9.09. The fraction of sp³-hybridized carbons (Fsp3) is 0.333. The molecule has 2 amide bonds. The van der Waals surface area contributed by atoms with Gasteiger partial charge in [0.05, 0.1) is 32.4 Å². The number of hydrogen-bond donors (Lipinski definition) is 1. The zero-order chi connectivity index (χ0) is 20.1. The highest BCUT2D eigenvalue weighted by molar-refractivity contribution is 5.96. The van der Waals surface area contributed by atoms with Crippen LogP contribution in [0.25, 0.3) is 0 Å². The van der Waals surface area contributed by atoms with E-state index >= 15 is 0 Å². The number of halogens is 1. The predicted molar refractivity (Wildman–Crippen MR) is 102 cm³/mol. The molecule has 2 aromatic rings. The van der Waals surface area contributed by atoms with Crippen LogP contribution < -0.4 is 14.8 Å². The molecule has 0 aliphatic carbocycles. The van der Waals surface area contributed by atoms with E-state index in [1.165, 1.54) is 18.2 Å². The highest BCUT2D eigenvalue weighted by Gasteiger charge is 2.30. The summed E-state index contributed by atoms with van der Waals surface area (Å²) in [6.45, 7) is 0.421. The molecule has 1 aliphatic rings. The van der Waals surface area contributed by atoms with Crippen molar-refractivity contribution in [1.29, 1.82) is 0 Å². The highest BCUT2D eigenvalue weighted by atomic mass is 19.1. The van der Waals surface area contributed by atoms with Gasteiger partial charge in [0.1, 0.15) is 5.82 Å². The van der Waals surface area contributed by atoms with E-state index in [2.05, 4.69) is 5.32 Å². The third-order valence-corrected chi connectivity index (χ3v) is 4.88. The van der Waals surface area contributed by atoms with Crippen LogP contribution >= 0.6 is 0 Å². The summed E-state index contributed by atoms with van der Waals surface area (Å²) in [6.07, 6.45) is 1.69. The smallest absolute Gasteiger partial charge is 0.254 e. The molecule has 0 saturated carbocycles. The van der Waals surface area contributed by atoms with Crippen LogP contribution in [-0.4, -0.2) is 44.0 Å². The van der Waals surface area contributed by atoms with Crippen molar-refractivity contribution >= 4 is 11.8 Å². The summed E-state index contributed by atoms with van der Waals surface area (Å²) in [5.74, 6) is -0.196. The van der Waals surface area contributed by atoms with Gasteiger partial charge in [-0.15, -0.1) is 0 Å². The fourth-order valence-electron chi connectivity index (χ4n) is 3.47. The minimum absolute atomic E-state index is 0.0758. The van der Waals surface area contributed by atoms with Gasteiger partial charge in [0.15, 0.2) is 11.5 Å². The lowest BCUT2D eigenvalue weighted by atomic mass is 10.0. The molecule has 1 saturated heterocycles. The Morgan fingerprint density at radius 2 is 1.89 bits per heavy atom. The Kier molecular flexibility index (Phi) is 6.13. The van der Waals surface area contributed by atoms with Crippen molar-refractivity contribution in [3.8, 4) is 11.5 Å². The molecule has 1 unspecified atom stereocenters. The number of carbonyl (C=O) groups excluding carboxylic acids is 2. The lowest BCUT2D eigenvalue weighted by Crippen LogP contribution is -2.40. The van der Waals surface area contributed by atoms with Crippen molar-refractivity contribution in [2.45, 2.75) is 18.9 Å². The molecular formula is C21H23FN2O4. The molecule has 1 aliphatic heterocycles. The molecule has 28 heavy (non-hydrogen) atoms. The van der Waals surface area contributed by atoms with E-state index in [0.29, 0.717) is 18.0 Å². The minimum atomic E-state index is -0.614. The number of hydrogen-bond acceptors (Lipinski definition) is 4. The first-order chi connectivity index (χ1) is 13.5. The minimum Gasteiger partial charge on any atom is -0.493 e. The van der Waals surface area contributed by atoms with E-state index < -0.39 is 11.7 Å². The summed E-state index contributed by atoms with van der Waals surface area (Å²) < 4.78 is 24.3. The van der Waals surface area contributed by atoms with E-state index in [1.54, 1.807) is 25.2 Å². The molecule has 0 spiro atoms. The molecule has 0 radical (unpaired) electrons. The number of likely N-dealkylation sites (tertiary alicyclic amines) is 1. The molecule has 7 heteroatoms. The largest absolute Gasteiger partial charge is 0.493 e. The van der Waals surface area contributed by atoms with Gasteiger partial charge in [-0.05, 0) is 42.7 Å². The van der Waals surface area contributed by atoms with Crippen LogP contribution in [0, 0.1) is 5.82 Å². The van der Waals surface area contributed by atoms with Crippen LogP contribution in [0.15, 0.2) is 42.5 Å². The second-order valence-corrected chi connectivity index (χ2v) is 6.52. The topological polar surface area (TPSA) is 67.9 Å². The Hall–Kier alpha value is -3.09. The number of methoxy groups -OCH3 is 2. The van der Waals surface area contributed by atoms with Crippen LogP contribution in [0.3, 0.4) is 0 Å². The predicted octanol–water partition coefficient (Wildman–Crippen LogP) is 2.94. The van der Waals surface area contributed by atoms with Crippen LogP contribution in [0.5, 0.6) is 11.5 Å². The molecule has 1 atom stereocenters. The monoisotopic (exact) mass is 386 g/mol. The number of nitrogens with zero attached hydrogens (tertiary/aromatic N) is 1. The lowest BCUT2D eigenvalue weighted by molar-refractivity contribution is -0.131. The summed E-state index contributed by atoms with van der Waals surface area (Å²) in [4.78, 5) is 26.6. The first-order valence-electron chi connectivity index (χ1n) is 9.09. The van der Waals surface area contributed by atoms with Gasteiger partial charge in [0.25, 0.3) is 5.91 Å². The summed E-state index contributed by atoms with van der Waals surface area (Å²) in [5.41, 5.74) is 0.872. The highest BCUT2D eigenvalue weighted by Crippen LogP contribution is 2.36. The van der Waals surface area contributed by atoms with Gasteiger partial charge in [0, 0.05) is 6.54 Å². The van der Waals surface area contributed by atoms with Gasteiger partial charge >= 0.3 is 0 Å². The molecule has 1 heterocycles. The van der Waals surface area contributed by atoms with Gasteiger partial charge in [-0.25, -0.2) is 4.39 Å². The quantitative estimate of drug-likeness (QED) is 0.829. The second kappa shape index (κ2) is 8.73. The second-order valence-electron chi connectivity index (χ2n) is 6.52. The van der Waals surface area contributed by atoms with Crippen LogP contribution in [-0.2, 0) is 4.79 Å². The van der Waals surface area contributed by atoms with Gasteiger partial charge in [-0.3, -0.25) is 9.59 Å². The van der Waals surface area contributed by atoms with Crippen molar-refractivity contribution < 1.29 is 23.5 Å². The molecule has 1 N–H and O–H groups in total. The molecule has 3 rings (SSSR count). The average Bonchev–Trinajstić information content (AvgIpc) is 3.21. The van der Waals surface area contributed by atoms with E-state index in [1.807, 2.05) is 18.2 Å². The molecule has 0 bridgehead atoms. The maximum absolute atomic E-state index is 13.7. The summed E-state index contributed by atoms with van der Waals surface area (Å²) in [5, 5.41) is 2.51. The lowest BCUT2D eigenvalue weighted by Gasteiger charge is -2.26. The SMILES string of the molecule is COc1ccc(C2CCCN2C(=O)CNC(=O)c2ccccc2F)cc1OC. The first kappa shape index (κ1) is 19.7. The number of benzene rings is 2. The van der Waals surface area contributed by atoms with E-state index in [4.69, 9.17) is 9.47 Å². The third-order valence-electron chi connectivity index (χ3n) is 4.88. The maximum Gasteiger partial charge on any atom is 0.254 e. The maximum atomic E-state index is 13.7. The number of nitrogens with one attached hydrogen (secondary N) is 1. The van der Waals surface area contributed by atoms with Crippen molar-refractivity contribution in [2.24, 2.45) is 0 Å². The van der Waals surface area contributed by atoms with Crippen molar-refractivity contribution in [3.63, 3.8) is 0 Å². The number of rotatable bonds is 6. The Morgan fingerprint density at radius 1 is 1.14 bits per heavy atom. The molecular weight excluding hydrogens is 363 g/mol. The fourth-order valence-corrected chi connectivity index (χ4v) is 3.47. The summed E-state index contributed by atoms with van der Waals surface area (Å²) in [6, 6.07) is 11.2. The normalized spacial score (nSPS) is 16.0. The van der Waals surface area contributed by atoms with Gasteiger partial charge in [0.2, 0.25) is 5.91 Å². The molecule has 1 fully saturated rings. The number of amides is 2. The van der Waals surface area contributed by atoms with E-state index in [0.717, 1.165) is 18.4 Å². The number of ether oxygens (including phenoxy) is 2. The van der Waals surface area contributed by atoms with Crippen molar-refractivity contribution in [1.82, 2.24) is 10.2 Å². The van der Waals surface area contributed by atoms with Crippen molar-refractivity contribution in [2.75, 3.05) is 27.3 Å². The van der Waals surface area contributed by atoms with Crippen molar-refractivity contribution in [3.05, 3.63) is 59.4 Å². The molecule has 0 aromatic heterocycles. The molecule has 148 valence electrons. The standard InChI is InChI=1S/C21H23FN2O4/c1-27-18-10-9-14(12-19(18)28-2)17-8-5-11-24(17)20(25)13-23-21(26)15-6-3-4-7-16(15)22/h3-4,6-7,9-10,12,17H,5,8,11,13H2,1-2H3,(H,23,26). The van der Waals surface area contributed by atoms with Gasteiger partial charge < -0.3 is 19.7 Å². The Labute approximate surface area is 163 Å².